The summed E-state index contributed by atoms with van der Waals surface area (Å²) in [4.78, 5) is 25.8. The van der Waals surface area contributed by atoms with E-state index in [2.05, 4.69) is 28.5 Å². The highest BCUT2D eigenvalue weighted by Gasteiger charge is 2.21. The monoisotopic (exact) mass is 385 g/mol. The molecule has 0 aromatic carbocycles. The average Bonchev–Trinajstić information content (AvgIpc) is 3.09. The van der Waals surface area contributed by atoms with Gasteiger partial charge < -0.3 is 10.1 Å². The number of methoxy groups -OCH3 is 1. The Kier molecular flexibility index (Phi) is 6.08. The van der Waals surface area contributed by atoms with Crippen LogP contribution in [0.3, 0.4) is 0 Å². The summed E-state index contributed by atoms with van der Waals surface area (Å²) in [6.07, 6.45) is 8.32. The summed E-state index contributed by atoms with van der Waals surface area (Å²) in [5, 5.41) is 11.5. The van der Waals surface area contributed by atoms with Crippen LogP contribution in [0.4, 0.5) is 0 Å². The van der Waals surface area contributed by atoms with Crippen LogP contribution in [0.5, 0.6) is 0 Å². The first-order valence-electron chi connectivity index (χ1n) is 9.51. The van der Waals surface area contributed by atoms with Crippen molar-refractivity contribution >= 4 is 11.5 Å². The molecule has 1 unspecified atom stereocenters. The number of aromatic nitrogens is 4. The van der Waals surface area contributed by atoms with Crippen LogP contribution in [-0.4, -0.2) is 45.2 Å². The van der Waals surface area contributed by atoms with Crippen LogP contribution in [0.25, 0.3) is 11.3 Å². The van der Waals surface area contributed by atoms with E-state index in [9.17, 15) is 9.59 Å². The summed E-state index contributed by atoms with van der Waals surface area (Å²) in [6.45, 7) is 4.41. The average molecular weight is 385 g/mol. The molecule has 1 aliphatic carbocycles. The van der Waals surface area contributed by atoms with Crippen LogP contribution in [-0.2, 0) is 11.8 Å². The lowest BCUT2D eigenvalue weighted by Crippen LogP contribution is -2.40. The molecule has 1 amide bonds. The Bertz CT molecular complexity index is 944. The van der Waals surface area contributed by atoms with Gasteiger partial charge in [-0.3, -0.25) is 14.3 Å². The lowest BCUT2D eigenvalue weighted by molar-refractivity contribution is 0.0903. The Morgan fingerprint density at radius 1 is 1.46 bits per heavy atom. The fourth-order valence-corrected chi connectivity index (χ4v) is 3.30. The van der Waals surface area contributed by atoms with Crippen molar-refractivity contribution in [3.05, 3.63) is 46.1 Å². The van der Waals surface area contributed by atoms with Gasteiger partial charge in [0.15, 0.2) is 0 Å². The maximum Gasteiger partial charge on any atom is 0.284 e. The van der Waals surface area contributed by atoms with Crippen molar-refractivity contribution in [2.24, 2.45) is 13.0 Å². The molecule has 0 bridgehead atoms. The summed E-state index contributed by atoms with van der Waals surface area (Å²) < 4.78 is 7.92. The first kappa shape index (κ1) is 20.0. The van der Waals surface area contributed by atoms with Crippen molar-refractivity contribution in [3.8, 4) is 5.69 Å². The molecule has 8 heteroatoms. The van der Waals surface area contributed by atoms with Gasteiger partial charge in [-0.2, -0.15) is 14.9 Å². The van der Waals surface area contributed by atoms with Gasteiger partial charge in [0, 0.05) is 20.2 Å². The Labute approximate surface area is 164 Å². The minimum absolute atomic E-state index is 0.0660. The summed E-state index contributed by atoms with van der Waals surface area (Å²) >= 11 is 0. The minimum atomic E-state index is -0.469. The molecule has 150 valence electrons. The number of nitrogens with one attached hydrogen (secondary N) is 1. The van der Waals surface area contributed by atoms with Crippen molar-refractivity contribution in [2.45, 2.75) is 39.2 Å². The minimum Gasteiger partial charge on any atom is -0.383 e. The molecular formula is C20H27N5O3. The zero-order valence-electron chi connectivity index (χ0n) is 16.8. The first-order chi connectivity index (χ1) is 13.4. The van der Waals surface area contributed by atoms with E-state index in [1.807, 2.05) is 6.92 Å². The topological polar surface area (TPSA) is 91.0 Å². The molecule has 3 rings (SSSR count). The largest absolute Gasteiger partial charge is 0.383 e. The Balaban J connectivity index is 2.06. The lowest BCUT2D eigenvalue weighted by Gasteiger charge is -2.19. The maximum absolute atomic E-state index is 13.0. The van der Waals surface area contributed by atoms with E-state index < -0.39 is 11.5 Å². The van der Waals surface area contributed by atoms with Crippen molar-refractivity contribution in [2.75, 3.05) is 13.7 Å². The number of carbonyl (C=O) groups is 1. The van der Waals surface area contributed by atoms with Crippen molar-refractivity contribution in [1.82, 2.24) is 24.9 Å². The van der Waals surface area contributed by atoms with E-state index in [0.29, 0.717) is 23.9 Å². The Hall–Kier alpha value is -2.74. The Morgan fingerprint density at radius 3 is 2.86 bits per heavy atom. The van der Waals surface area contributed by atoms with Gasteiger partial charge in [-0.05, 0) is 43.7 Å². The molecule has 8 nitrogen and oxygen atoms in total. The number of carbonyl (C=O) groups excluding carboxylic acids is 1. The summed E-state index contributed by atoms with van der Waals surface area (Å²) in [7, 11) is 3.34. The molecule has 0 saturated heterocycles. The molecule has 2 heterocycles. The van der Waals surface area contributed by atoms with Gasteiger partial charge in [0.05, 0.1) is 24.7 Å². The quantitative estimate of drug-likeness (QED) is 0.820. The molecule has 0 saturated carbocycles. The lowest BCUT2D eigenvalue weighted by atomic mass is 9.89. The number of ether oxygens (including phenoxy) is 1. The van der Waals surface area contributed by atoms with E-state index in [1.54, 1.807) is 37.3 Å². The van der Waals surface area contributed by atoms with Crippen LogP contribution >= 0.6 is 0 Å². The predicted octanol–water partition coefficient (Wildman–Crippen LogP) is 1.93. The summed E-state index contributed by atoms with van der Waals surface area (Å²) in [6, 6.07) is 1.39. The zero-order chi connectivity index (χ0) is 20.3. The third kappa shape index (κ3) is 4.39. The van der Waals surface area contributed by atoms with E-state index in [0.717, 1.165) is 24.8 Å². The van der Waals surface area contributed by atoms with Gasteiger partial charge in [-0.15, -0.1) is 0 Å². The van der Waals surface area contributed by atoms with Gasteiger partial charge >= 0.3 is 0 Å². The molecule has 0 radical (unpaired) electrons. The molecule has 1 N–H and O–H groups in total. The third-order valence-electron chi connectivity index (χ3n) is 4.89. The fraction of sp³-hybridized carbons (Fsp3) is 0.500. The molecule has 0 spiro atoms. The molecule has 28 heavy (non-hydrogen) atoms. The van der Waals surface area contributed by atoms with E-state index in [-0.39, 0.29) is 11.6 Å². The molecule has 0 fully saturated rings. The maximum atomic E-state index is 13.0. The van der Waals surface area contributed by atoms with E-state index in [4.69, 9.17) is 4.74 Å². The first-order valence-corrected chi connectivity index (χ1v) is 9.51. The van der Waals surface area contributed by atoms with Crippen LogP contribution in [0.1, 0.15) is 49.2 Å². The van der Waals surface area contributed by atoms with Crippen molar-refractivity contribution in [3.63, 3.8) is 0 Å². The highest BCUT2D eigenvalue weighted by molar-refractivity contribution is 5.94. The second kappa shape index (κ2) is 8.52. The highest BCUT2D eigenvalue weighted by atomic mass is 16.5. The van der Waals surface area contributed by atoms with Gasteiger partial charge in [-0.25, -0.2) is 0 Å². The standard InChI is InChI=1S/C20H27N5O3/c1-13-5-7-15(8-6-13)18-9-17(19(26)22-14(2)12-28-4)20(27)25(23-18)16-10-21-24(3)11-16/h7,9-11,13-14H,5-6,8,12H2,1-4H3,(H,22,26)/t13?,14-/m0/s1. The van der Waals surface area contributed by atoms with Crippen LogP contribution < -0.4 is 10.9 Å². The smallest absolute Gasteiger partial charge is 0.284 e. The van der Waals surface area contributed by atoms with Gasteiger partial charge in [0.25, 0.3) is 11.5 Å². The zero-order valence-corrected chi connectivity index (χ0v) is 16.8. The number of rotatable bonds is 6. The number of amides is 1. The number of hydrogen-bond donors (Lipinski definition) is 1. The second-order valence-corrected chi connectivity index (χ2v) is 7.47. The summed E-state index contributed by atoms with van der Waals surface area (Å²) in [5.41, 5.74) is 1.84. The van der Waals surface area contributed by atoms with Gasteiger partial charge in [0.2, 0.25) is 0 Å². The van der Waals surface area contributed by atoms with Crippen LogP contribution in [0.15, 0.2) is 29.3 Å². The fourth-order valence-electron chi connectivity index (χ4n) is 3.30. The van der Waals surface area contributed by atoms with Gasteiger partial charge in [-0.1, -0.05) is 13.0 Å². The molecular weight excluding hydrogens is 358 g/mol. The molecule has 1 aliphatic rings. The normalized spacial score (nSPS) is 17.9. The van der Waals surface area contributed by atoms with Crippen molar-refractivity contribution in [1.29, 1.82) is 0 Å². The molecule has 2 aromatic heterocycles. The third-order valence-corrected chi connectivity index (χ3v) is 4.89. The van der Waals surface area contributed by atoms with Crippen LogP contribution in [0, 0.1) is 5.92 Å². The molecule has 0 aliphatic heterocycles. The van der Waals surface area contributed by atoms with E-state index >= 15 is 0 Å². The number of allylic oxidation sites excluding steroid dienone is 2. The Morgan fingerprint density at radius 2 is 2.25 bits per heavy atom. The van der Waals surface area contributed by atoms with E-state index in [1.165, 1.54) is 4.68 Å². The SMILES string of the molecule is COC[C@H](C)NC(=O)c1cc(C2=CCC(C)CC2)nn(-c2cnn(C)c2)c1=O. The molecule has 2 atom stereocenters. The second-order valence-electron chi connectivity index (χ2n) is 7.47. The highest BCUT2D eigenvalue weighted by Crippen LogP contribution is 2.29. The predicted molar refractivity (Wildman–Crippen MR) is 106 cm³/mol. The number of aryl methyl sites for hydroxylation is 1. The summed E-state index contributed by atoms with van der Waals surface area (Å²) in [5.74, 6) is 0.200. The molecule has 2 aromatic rings. The van der Waals surface area contributed by atoms with Crippen LogP contribution in [0.2, 0.25) is 0 Å². The number of nitrogens with zero attached hydrogens (tertiary/aromatic N) is 4. The van der Waals surface area contributed by atoms with Crippen molar-refractivity contribution < 1.29 is 9.53 Å². The number of hydrogen-bond acceptors (Lipinski definition) is 5. The van der Waals surface area contributed by atoms with Gasteiger partial charge in [0.1, 0.15) is 11.3 Å².